The Morgan fingerprint density at radius 2 is 0.735 bits per heavy atom. The Kier molecular flexibility index (Phi) is 14.1. The molecule has 0 radical (unpaired) electrons. The molecule has 0 N–H and O–H groups in total. The molecule has 0 unspecified atom stereocenters. The molecule has 1 rings (SSSR count). The fraction of sp³-hybridized carbons (Fsp3) is 0.714. The van der Waals surface area contributed by atoms with Gasteiger partial charge in [-0.3, -0.25) is 0 Å². The summed E-state index contributed by atoms with van der Waals surface area (Å²) in [7, 11) is -13.5. The first-order valence-electron chi connectivity index (χ1n) is 12.1. The average Bonchev–Trinajstić information content (AvgIpc) is 2.74. The van der Waals surface area contributed by atoms with E-state index in [2.05, 4.69) is 0 Å². The van der Waals surface area contributed by atoms with Gasteiger partial charge in [0, 0.05) is 64.5 Å². The zero-order valence-electron chi connectivity index (χ0n) is 22.3. The second-order valence-electron chi connectivity index (χ2n) is 7.41. The van der Waals surface area contributed by atoms with Crippen molar-refractivity contribution in [3.05, 3.63) is 30.3 Å². The van der Waals surface area contributed by atoms with Crippen molar-refractivity contribution < 1.29 is 38.9 Å². The molecule has 0 saturated carbocycles. The van der Waals surface area contributed by atoms with Gasteiger partial charge in [0.25, 0.3) is 0 Å². The topological polar surface area (TPSA) is 83.1 Å². The summed E-state index contributed by atoms with van der Waals surface area (Å²) >= 11 is 0. The molecule has 0 saturated heterocycles. The Balaban J connectivity index is 3.78. The van der Waals surface area contributed by atoms with Crippen molar-refractivity contribution in [3.63, 3.8) is 0 Å². The molecule has 34 heavy (non-hydrogen) atoms. The minimum atomic E-state index is -3.87. The molecular weight excluding hydrogens is 509 g/mol. The highest BCUT2D eigenvalue weighted by molar-refractivity contribution is 6.91. The highest BCUT2D eigenvalue weighted by atomic mass is 28.5. The SMILES string of the molecule is CCO[Si](C)(OCC)O[Si](O[Si](C)(OCC)OCC)(O[Si](C)(OCC)OCC)c1ccccc1. The van der Waals surface area contributed by atoms with E-state index >= 15 is 0 Å². The molecule has 0 aliphatic rings. The molecule has 9 nitrogen and oxygen atoms in total. The lowest BCUT2D eigenvalue weighted by atomic mass is 10.4. The van der Waals surface area contributed by atoms with Crippen LogP contribution in [-0.4, -0.2) is 74.9 Å². The predicted octanol–water partition coefficient (Wildman–Crippen LogP) is 3.81. The summed E-state index contributed by atoms with van der Waals surface area (Å²) < 4.78 is 56.7. The zero-order valence-corrected chi connectivity index (χ0v) is 26.3. The van der Waals surface area contributed by atoms with E-state index in [1.54, 1.807) is 0 Å². The fourth-order valence-corrected chi connectivity index (χ4v) is 17.8. The van der Waals surface area contributed by atoms with Gasteiger partial charge < -0.3 is 38.9 Å². The first-order chi connectivity index (χ1) is 16.1. The molecule has 0 amide bonds. The third-order valence-corrected chi connectivity index (χ3v) is 18.1. The summed E-state index contributed by atoms with van der Waals surface area (Å²) in [6.45, 7) is 19.4. The van der Waals surface area contributed by atoms with E-state index < -0.39 is 35.2 Å². The van der Waals surface area contributed by atoms with Gasteiger partial charge in [0.15, 0.2) is 0 Å². The summed E-state index contributed by atoms with van der Waals surface area (Å²) in [6, 6.07) is 9.58. The first-order valence-corrected chi connectivity index (χ1v) is 20.5. The lowest BCUT2D eigenvalue weighted by Gasteiger charge is -2.43. The van der Waals surface area contributed by atoms with E-state index in [4.69, 9.17) is 38.9 Å². The molecule has 0 spiro atoms. The van der Waals surface area contributed by atoms with Crippen LogP contribution in [-0.2, 0) is 38.9 Å². The van der Waals surface area contributed by atoms with Crippen LogP contribution >= 0.6 is 0 Å². The molecular formula is C21H44O9Si4. The maximum atomic E-state index is 6.81. The molecule has 198 valence electrons. The summed E-state index contributed by atoms with van der Waals surface area (Å²) in [4.78, 5) is 0. The van der Waals surface area contributed by atoms with Crippen molar-refractivity contribution in [2.24, 2.45) is 0 Å². The van der Waals surface area contributed by atoms with E-state index in [0.717, 1.165) is 5.19 Å². The molecule has 0 fully saturated rings. The summed E-state index contributed by atoms with van der Waals surface area (Å²) in [5.74, 6) is 0. The third-order valence-electron chi connectivity index (χ3n) is 4.53. The van der Waals surface area contributed by atoms with Crippen molar-refractivity contribution in [1.29, 1.82) is 0 Å². The van der Waals surface area contributed by atoms with Gasteiger partial charge in [0.1, 0.15) is 0 Å². The van der Waals surface area contributed by atoms with Gasteiger partial charge in [-0.15, -0.1) is 0 Å². The minimum Gasteiger partial charge on any atom is -0.374 e. The Bertz CT molecular complexity index is 606. The monoisotopic (exact) mass is 552 g/mol. The quantitative estimate of drug-likeness (QED) is 0.238. The minimum absolute atomic E-state index is 0.416. The van der Waals surface area contributed by atoms with Crippen LogP contribution in [0.15, 0.2) is 30.3 Å². The molecule has 0 atom stereocenters. The summed E-state index contributed by atoms with van der Waals surface area (Å²) in [5, 5.41) is 0.726. The third kappa shape index (κ3) is 9.65. The van der Waals surface area contributed by atoms with Crippen LogP contribution in [0.1, 0.15) is 41.5 Å². The second kappa shape index (κ2) is 15.1. The summed E-state index contributed by atoms with van der Waals surface area (Å²) in [5.41, 5.74) is 0. The zero-order chi connectivity index (χ0) is 25.7. The second-order valence-corrected chi connectivity index (χ2v) is 18.5. The number of benzene rings is 1. The maximum absolute atomic E-state index is 6.81. The molecule has 0 bridgehead atoms. The molecule has 0 aromatic heterocycles. The molecule has 0 heterocycles. The van der Waals surface area contributed by atoms with Crippen LogP contribution in [0, 0.1) is 0 Å². The van der Waals surface area contributed by atoms with Gasteiger partial charge in [-0.1, -0.05) is 30.3 Å². The van der Waals surface area contributed by atoms with Crippen molar-refractivity contribution in [2.45, 2.75) is 61.2 Å². The van der Waals surface area contributed by atoms with Crippen molar-refractivity contribution in [2.75, 3.05) is 39.6 Å². The fourth-order valence-electron chi connectivity index (χ4n) is 3.49. The molecule has 13 heteroatoms. The summed E-state index contributed by atoms with van der Waals surface area (Å²) in [6.07, 6.45) is 0. The smallest absolute Gasteiger partial charge is 0.374 e. The van der Waals surface area contributed by atoms with Crippen LogP contribution in [0.2, 0.25) is 19.6 Å². The van der Waals surface area contributed by atoms with Crippen LogP contribution in [0.4, 0.5) is 0 Å². The van der Waals surface area contributed by atoms with Gasteiger partial charge >= 0.3 is 35.2 Å². The van der Waals surface area contributed by atoms with Crippen LogP contribution in [0.5, 0.6) is 0 Å². The van der Waals surface area contributed by atoms with E-state index in [1.807, 2.05) is 91.5 Å². The standard InChI is InChI=1S/C21H44O9Si4/c1-10-22-31(7,23-11-2)28-34(21-19-17-16-18-20-21,29-32(8,24-12-3)25-13-4)30-33(9,26-14-5)27-15-6/h16-20H,10-15H2,1-9H3. The van der Waals surface area contributed by atoms with Crippen LogP contribution < -0.4 is 5.19 Å². The van der Waals surface area contributed by atoms with Crippen LogP contribution in [0.25, 0.3) is 0 Å². The van der Waals surface area contributed by atoms with Gasteiger partial charge in [-0.2, -0.15) is 0 Å². The van der Waals surface area contributed by atoms with E-state index in [-0.39, 0.29) is 0 Å². The Hall–Kier alpha value is -0.272. The van der Waals surface area contributed by atoms with Gasteiger partial charge in [-0.25, -0.2) is 0 Å². The molecule has 0 aliphatic heterocycles. The Morgan fingerprint density at radius 3 is 0.971 bits per heavy atom. The average molecular weight is 553 g/mol. The normalized spacial score (nSPS) is 13.4. The highest BCUT2D eigenvalue weighted by Crippen LogP contribution is 2.28. The van der Waals surface area contributed by atoms with Crippen molar-refractivity contribution >= 4 is 40.4 Å². The molecule has 1 aromatic carbocycles. The van der Waals surface area contributed by atoms with Gasteiger partial charge in [-0.05, 0) is 41.5 Å². The van der Waals surface area contributed by atoms with E-state index in [9.17, 15) is 0 Å². The van der Waals surface area contributed by atoms with E-state index in [1.165, 1.54) is 0 Å². The number of hydrogen-bond acceptors (Lipinski definition) is 9. The molecule has 0 aliphatic carbocycles. The molecule has 1 aromatic rings. The first kappa shape index (κ1) is 31.8. The lowest BCUT2D eigenvalue weighted by molar-refractivity contribution is 0.0469. The van der Waals surface area contributed by atoms with Crippen molar-refractivity contribution in [3.8, 4) is 0 Å². The lowest BCUT2D eigenvalue weighted by Crippen LogP contribution is -2.72. The highest BCUT2D eigenvalue weighted by Gasteiger charge is 2.61. The van der Waals surface area contributed by atoms with Crippen molar-refractivity contribution in [1.82, 2.24) is 0 Å². The predicted molar refractivity (Wildman–Crippen MR) is 140 cm³/mol. The van der Waals surface area contributed by atoms with Crippen LogP contribution in [0.3, 0.4) is 0 Å². The largest absolute Gasteiger partial charge is 0.515 e. The Morgan fingerprint density at radius 1 is 0.471 bits per heavy atom. The maximum Gasteiger partial charge on any atom is 0.515 e. The van der Waals surface area contributed by atoms with Gasteiger partial charge in [0.2, 0.25) is 0 Å². The number of rotatable bonds is 19. The Labute approximate surface area is 210 Å². The number of hydrogen-bond donors (Lipinski definition) is 0. The van der Waals surface area contributed by atoms with Gasteiger partial charge in [0.05, 0.1) is 0 Å². The van der Waals surface area contributed by atoms with E-state index in [0.29, 0.717) is 39.6 Å².